The van der Waals surface area contributed by atoms with Crippen LogP contribution in [0.4, 0.5) is 11.4 Å². The zero-order valence-corrected chi connectivity index (χ0v) is 11.7. The summed E-state index contributed by atoms with van der Waals surface area (Å²) in [5.41, 5.74) is 5.93. The van der Waals surface area contributed by atoms with Crippen LogP contribution in [-0.2, 0) is 0 Å². The first-order chi connectivity index (χ1) is 10.9. The van der Waals surface area contributed by atoms with E-state index in [4.69, 9.17) is 11.1 Å². The smallest absolute Gasteiger partial charge is 0.270 e. The van der Waals surface area contributed by atoms with E-state index in [1.165, 1.54) is 48.5 Å². The lowest BCUT2D eigenvalue weighted by Crippen LogP contribution is -2.16. The van der Waals surface area contributed by atoms with Crippen LogP contribution >= 0.6 is 0 Å². The third-order valence-electron chi connectivity index (χ3n) is 2.92. The highest BCUT2D eigenvalue weighted by molar-refractivity contribution is 6.10. The number of benzene rings is 2. The van der Waals surface area contributed by atoms with Crippen LogP contribution < -0.4 is 5.73 Å². The number of non-ortho nitro benzene ring substituents is 2. The van der Waals surface area contributed by atoms with Gasteiger partial charge in [0.2, 0.25) is 0 Å². The molecule has 0 amide bonds. The second-order valence-corrected chi connectivity index (χ2v) is 4.46. The van der Waals surface area contributed by atoms with Crippen LogP contribution in [0.2, 0.25) is 0 Å². The van der Waals surface area contributed by atoms with Crippen molar-refractivity contribution in [2.75, 3.05) is 0 Å². The lowest BCUT2D eigenvalue weighted by atomic mass is 10.1. The zero-order valence-electron chi connectivity index (χ0n) is 11.7. The fraction of sp³-hybridized carbons (Fsp3) is 0. The van der Waals surface area contributed by atoms with E-state index in [2.05, 4.69) is 4.99 Å². The number of nitrogens with two attached hydrogens (primary N) is 1. The number of nitrogens with zero attached hydrogens (tertiary/aromatic N) is 3. The van der Waals surface area contributed by atoms with E-state index in [-0.39, 0.29) is 34.2 Å². The third kappa shape index (κ3) is 3.73. The van der Waals surface area contributed by atoms with Crippen molar-refractivity contribution in [3.05, 3.63) is 79.9 Å². The van der Waals surface area contributed by atoms with Crippen LogP contribution in [0.5, 0.6) is 0 Å². The highest BCUT2D eigenvalue weighted by Gasteiger charge is 2.11. The van der Waals surface area contributed by atoms with E-state index in [0.717, 1.165) is 0 Å². The van der Waals surface area contributed by atoms with Gasteiger partial charge in [0.1, 0.15) is 5.84 Å². The number of hydrogen-bond donors (Lipinski definition) is 2. The lowest BCUT2D eigenvalue weighted by molar-refractivity contribution is -0.385. The van der Waals surface area contributed by atoms with Crippen LogP contribution in [0.25, 0.3) is 0 Å². The molecule has 9 nitrogen and oxygen atoms in total. The number of rotatable bonds is 4. The largest absolute Gasteiger partial charge is 0.383 e. The molecule has 0 unspecified atom stereocenters. The Morgan fingerprint density at radius 1 is 0.957 bits per heavy atom. The van der Waals surface area contributed by atoms with Gasteiger partial charge >= 0.3 is 0 Å². The summed E-state index contributed by atoms with van der Waals surface area (Å²) in [6.07, 6.45) is 0. The van der Waals surface area contributed by atoms with E-state index in [0.29, 0.717) is 0 Å². The second-order valence-electron chi connectivity index (χ2n) is 4.46. The van der Waals surface area contributed by atoms with Crippen molar-refractivity contribution >= 4 is 23.0 Å². The molecular weight excluding hydrogens is 302 g/mol. The Labute approximate surface area is 129 Å². The Kier molecular flexibility index (Phi) is 4.41. The maximum absolute atomic E-state index is 10.7. The average Bonchev–Trinajstić information content (AvgIpc) is 2.54. The van der Waals surface area contributed by atoms with Crippen LogP contribution in [0.1, 0.15) is 11.1 Å². The van der Waals surface area contributed by atoms with Gasteiger partial charge in [-0.05, 0) is 0 Å². The first kappa shape index (κ1) is 15.8. The van der Waals surface area contributed by atoms with Crippen molar-refractivity contribution in [2.24, 2.45) is 10.7 Å². The van der Waals surface area contributed by atoms with Crippen LogP contribution in [0.3, 0.4) is 0 Å². The summed E-state index contributed by atoms with van der Waals surface area (Å²) in [6, 6.07) is 10.9. The third-order valence-corrected chi connectivity index (χ3v) is 2.92. The van der Waals surface area contributed by atoms with E-state index < -0.39 is 9.85 Å². The minimum Gasteiger partial charge on any atom is -0.383 e. The standard InChI is InChI=1S/C14H11N5O4/c15-13(9-3-1-5-11(7-9)18(20)21)17-14(16)10-4-2-6-12(8-10)19(22)23/h1-8H,(H3,15,16,17). The highest BCUT2D eigenvalue weighted by atomic mass is 16.6. The molecule has 2 aromatic carbocycles. The molecule has 0 heterocycles. The lowest BCUT2D eigenvalue weighted by Gasteiger charge is -2.03. The Morgan fingerprint density at radius 2 is 1.43 bits per heavy atom. The summed E-state index contributed by atoms with van der Waals surface area (Å²) in [6.45, 7) is 0. The van der Waals surface area contributed by atoms with Gasteiger partial charge in [0.25, 0.3) is 11.4 Å². The number of nitro groups is 2. The van der Waals surface area contributed by atoms with Crippen LogP contribution in [-0.4, -0.2) is 21.5 Å². The van der Waals surface area contributed by atoms with Crippen molar-refractivity contribution in [1.29, 1.82) is 5.41 Å². The normalized spacial score (nSPS) is 11.0. The number of nitrogens with one attached hydrogen (secondary N) is 1. The Balaban J connectivity index is 2.32. The molecule has 0 aliphatic rings. The minimum atomic E-state index is -0.579. The predicted octanol–water partition coefficient (Wildman–Crippen LogP) is 2.23. The number of hydrogen-bond acceptors (Lipinski definition) is 5. The van der Waals surface area contributed by atoms with Crippen molar-refractivity contribution in [1.82, 2.24) is 0 Å². The van der Waals surface area contributed by atoms with Gasteiger partial charge in [0.05, 0.1) is 9.85 Å². The molecule has 0 fully saturated rings. The summed E-state index contributed by atoms with van der Waals surface area (Å²) < 4.78 is 0. The fourth-order valence-electron chi connectivity index (χ4n) is 1.80. The van der Waals surface area contributed by atoms with E-state index in [9.17, 15) is 20.2 Å². The molecular formula is C14H11N5O4. The molecule has 0 saturated heterocycles. The summed E-state index contributed by atoms with van der Waals surface area (Å²) in [5, 5.41) is 29.3. The van der Waals surface area contributed by atoms with Crippen molar-refractivity contribution in [3.63, 3.8) is 0 Å². The maximum Gasteiger partial charge on any atom is 0.270 e. The van der Waals surface area contributed by atoms with Crippen molar-refractivity contribution in [3.8, 4) is 0 Å². The van der Waals surface area contributed by atoms with Gasteiger partial charge in [0, 0.05) is 35.4 Å². The SMILES string of the molecule is N=C(N=C(N)c1cccc([N+](=O)[O-])c1)c1cccc([N+](=O)[O-])c1. The van der Waals surface area contributed by atoms with Gasteiger partial charge in [0.15, 0.2) is 5.84 Å². The summed E-state index contributed by atoms with van der Waals surface area (Å²) in [7, 11) is 0. The van der Waals surface area contributed by atoms with Gasteiger partial charge in [-0.3, -0.25) is 25.6 Å². The molecule has 0 radical (unpaired) electrons. The number of aliphatic imine (C=N–C) groups is 1. The predicted molar refractivity (Wildman–Crippen MR) is 83.7 cm³/mol. The molecule has 2 aromatic rings. The molecule has 0 saturated carbocycles. The molecule has 9 heteroatoms. The Morgan fingerprint density at radius 3 is 1.96 bits per heavy atom. The van der Waals surface area contributed by atoms with Gasteiger partial charge < -0.3 is 5.73 Å². The van der Waals surface area contributed by atoms with Crippen LogP contribution in [0.15, 0.2) is 53.5 Å². The van der Waals surface area contributed by atoms with Gasteiger partial charge in [-0.25, -0.2) is 4.99 Å². The van der Waals surface area contributed by atoms with Gasteiger partial charge in [-0.15, -0.1) is 0 Å². The van der Waals surface area contributed by atoms with E-state index in [1.807, 2.05) is 0 Å². The second kappa shape index (κ2) is 6.43. The van der Waals surface area contributed by atoms with Gasteiger partial charge in [-0.1, -0.05) is 24.3 Å². The van der Waals surface area contributed by atoms with Crippen LogP contribution in [0, 0.1) is 25.6 Å². The topological polar surface area (TPSA) is 149 Å². The molecule has 2 rings (SSSR count). The molecule has 0 spiro atoms. The Bertz CT molecular complexity index is 831. The first-order valence-corrected chi connectivity index (χ1v) is 6.31. The first-order valence-electron chi connectivity index (χ1n) is 6.31. The molecule has 3 N–H and O–H groups in total. The molecule has 0 aromatic heterocycles. The summed E-state index contributed by atoms with van der Waals surface area (Å²) in [4.78, 5) is 24.2. The van der Waals surface area contributed by atoms with E-state index >= 15 is 0 Å². The molecule has 23 heavy (non-hydrogen) atoms. The molecule has 116 valence electrons. The molecule has 0 aliphatic carbocycles. The minimum absolute atomic E-state index is 0.0924. The monoisotopic (exact) mass is 313 g/mol. The number of nitro benzene ring substituents is 2. The van der Waals surface area contributed by atoms with Crippen molar-refractivity contribution < 1.29 is 9.85 Å². The molecule has 0 atom stereocenters. The molecule has 0 bridgehead atoms. The maximum atomic E-state index is 10.7. The quantitative estimate of drug-likeness (QED) is 0.384. The highest BCUT2D eigenvalue weighted by Crippen LogP contribution is 2.15. The van der Waals surface area contributed by atoms with E-state index in [1.54, 1.807) is 0 Å². The average molecular weight is 313 g/mol. The van der Waals surface area contributed by atoms with Gasteiger partial charge in [-0.2, -0.15) is 0 Å². The summed E-state index contributed by atoms with van der Waals surface area (Å²) in [5.74, 6) is -0.372. The van der Waals surface area contributed by atoms with Crippen molar-refractivity contribution in [2.45, 2.75) is 0 Å². The fourth-order valence-corrected chi connectivity index (χ4v) is 1.80. The number of amidine groups is 2. The molecule has 0 aliphatic heterocycles. The Hall–Kier alpha value is -3.62. The summed E-state index contributed by atoms with van der Waals surface area (Å²) >= 11 is 0. The zero-order chi connectivity index (χ0) is 17.0.